The second kappa shape index (κ2) is 6.00. The monoisotopic (exact) mass is 318 g/mol. The van der Waals surface area contributed by atoms with Gasteiger partial charge < -0.3 is 5.32 Å². The highest BCUT2D eigenvalue weighted by Gasteiger charge is 2.17. The maximum Gasteiger partial charge on any atom is 0.251 e. The molecule has 1 aliphatic rings. The van der Waals surface area contributed by atoms with Crippen LogP contribution in [0, 0.1) is 0 Å². The van der Waals surface area contributed by atoms with Crippen molar-refractivity contribution >= 4 is 16.8 Å². The van der Waals surface area contributed by atoms with Gasteiger partial charge in [0, 0.05) is 29.5 Å². The SMILES string of the molecule is CC(NC(=O)c1ccc2ncc3c(c2c1)CCC3)c1ncccn1. The molecule has 24 heavy (non-hydrogen) atoms. The fraction of sp³-hybridized carbons (Fsp3) is 0.263. The molecule has 1 aromatic carbocycles. The number of nitrogens with one attached hydrogen (secondary N) is 1. The maximum absolute atomic E-state index is 12.6. The summed E-state index contributed by atoms with van der Waals surface area (Å²) in [6.45, 7) is 1.88. The van der Waals surface area contributed by atoms with Crippen molar-refractivity contribution in [3.63, 3.8) is 0 Å². The number of pyridine rings is 1. The number of nitrogens with zero attached hydrogens (tertiary/aromatic N) is 3. The highest BCUT2D eigenvalue weighted by atomic mass is 16.1. The average molecular weight is 318 g/mol. The van der Waals surface area contributed by atoms with Crippen LogP contribution < -0.4 is 5.32 Å². The minimum atomic E-state index is -0.242. The van der Waals surface area contributed by atoms with E-state index in [0.29, 0.717) is 11.4 Å². The van der Waals surface area contributed by atoms with Gasteiger partial charge in [-0.25, -0.2) is 9.97 Å². The Balaban J connectivity index is 1.63. The Kier molecular flexibility index (Phi) is 3.69. The van der Waals surface area contributed by atoms with Crippen LogP contribution in [0.15, 0.2) is 42.9 Å². The van der Waals surface area contributed by atoms with Gasteiger partial charge in [-0.05, 0) is 61.6 Å². The van der Waals surface area contributed by atoms with Gasteiger partial charge >= 0.3 is 0 Å². The van der Waals surface area contributed by atoms with E-state index in [1.807, 2.05) is 31.3 Å². The number of fused-ring (bicyclic) bond motifs is 3. The second-order valence-corrected chi connectivity index (χ2v) is 6.15. The summed E-state index contributed by atoms with van der Waals surface area (Å²) in [5.74, 6) is 0.488. The van der Waals surface area contributed by atoms with E-state index in [-0.39, 0.29) is 11.9 Å². The molecule has 1 aliphatic carbocycles. The molecular weight excluding hydrogens is 300 g/mol. The molecule has 0 spiro atoms. The van der Waals surface area contributed by atoms with Crippen molar-refractivity contribution in [3.05, 3.63) is 65.4 Å². The molecule has 120 valence electrons. The molecule has 2 aromatic heterocycles. The second-order valence-electron chi connectivity index (χ2n) is 6.15. The van der Waals surface area contributed by atoms with Gasteiger partial charge in [-0.1, -0.05) is 0 Å². The molecule has 0 saturated heterocycles. The normalized spacial score (nSPS) is 14.4. The summed E-state index contributed by atoms with van der Waals surface area (Å²) in [6, 6.07) is 7.22. The van der Waals surface area contributed by atoms with Crippen LogP contribution in [0.3, 0.4) is 0 Å². The summed E-state index contributed by atoms with van der Waals surface area (Å²) in [6.07, 6.45) is 8.63. The molecular formula is C19H18N4O. The molecule has 1 atom stereocenters. The quantitative estimate of drug-likeness (QED) is 0.806. The van der Waals surface area contributed by atoms with E-state index in [0.717, 1.165) is 30.2 Å². The number of amides is 1. The highest BCUT2D eigenvalue weighted by Crippen LogP contribution is 2.29. The summed E-state index contributed by atoms with van der Waals surface area (Å²) in [5, 5.41) is 4.06. The molecule has 0 fully saturated rings. The summed E-state index contributed by atoms with van der Waals surface area (Å²) in [5.41, 5.74) is 4.25. The van der Waals surface area contributed by atoms with Crippen LogP contribution in [-0.4, -0.2) is 20.9 Å². The van der Waals surface area contributed by atoms with Crippen LogP contribution >= 0.6 is 0 Å². The first kappa shape index (κ1) is 14.8. The largest absolute Gasteiger partial charge is 0.342 e. The van der Waals surface area contributed by atoms with Gasteiger partial charge in [-0.15, -0.1) is 0 Å². The van der Waals surface area contributed by atoms with E-state index in [1.54, 1.807) is 18.5 Å². The molecule has 1 N–H and O–H groups in total. The average Bonchev–Trinajstić information content (AvgIpc) is 3.11. The predicted molar refractivity (Wildman–Crippen MR) is 91.7 cm³/mol. The lowest BCUT2D eigenvalue weighted by Crippen LogP contribution is -2.27. The third-order valence-electron chi connectivity index (χ3n) is 4.52. The van der Waals surface area contributed by atoms with Crippen molar-refractivity contribution in [2.24, 2.45) is 0 Å². The fourth-order valence-corrected chi connectivity index (χ4v) is 3.27. The van der Waals surface area contributed by atoms with E-state index >= 15 is 0 Å². The lowest BCUT2D eigenvalue weighted by molar-refractivity contribution is 0.0938. The number of benzene rings is 1. The fourth-order valence-electron chi connectivity index (χ4n) is 3.27. The summed E-state index contributed by atoms with van der Waals surface area (Å²) in [7, 11) is 0. The zero-order valence-corrected chi connectivity index (χ0v) is 13.5. The smallest absolute Gasteiger partial charge is 0.251 e. The predicted octanol–water partition coefficient (Wildman–Crippen LogP) is 3.00. The lowest BCUT2D eigenvalue weighted by Gasteiger charge is -2.13. The van der Waals surface area contributed by atoms with Crippen LogP contribution in [0.4, 0.5) is 0 Å². The van der Waals surface area contributed by atoms with Gasteiger partial charge in [0.05, 0.1) is 11.6 Å². The van der Waals surface area contributed by atoms with E-state index in [4.69, 9.17) is 0 Å². The van der Waals surface area contributed by atoms with Crippen LogP contribution in [0.2, 0.25) is 0 Å². The van der Waals surface area contributed by atoms with Crippen molar-refractivity contribution in [1.82, 2.24) is 20.3 Å². The van der Waals surface area contributed by atoms with Crippen molar-refractivity contribution < 1.29 is 4.79 Å². The van der Waals surface area contributed by atoms with Crippen LogP contribution in [0.25, 0.3) is 10.9 Å². The van der Waals surface area contributed by atoms with E-state index in [9.17, 15) is 4.79 Å². The summed E-state index contributed by atoms with van der Waals surface area (Å²) in [4.78, 5) is 25.5. The van der Waals surface area contributed by atoms with Gasteiger partial charge in [0.15, 0.2) is 0 Å². The number of hydrogen-bond acceptors (Lipinski definition) is 4. The number of hydrogen-bond donors (Lipinski definition) is 1. The molecule has 0 radical (unpaired) electrons. The molecule has 0 aliphatic heterocycles. The molecule has 4 rings (SSSR count). The van der Waals surface area contributed by atoms with Crippen LogP contribution in [0.5, 0.6) is 0 Å². The molecule has 0 bridgehead atoms. The Morgan fingerprint density at radius 2 is 2.00 bits per heavy atom. The molecule has 5 nitrogen and oxygen atoms in total. The topological polar surface area (TPSA) is 67.8 Å². The molecule has 2 heterocycles. The van der Waals surface area contributed by atoms with Gasteiger partial charge in [-0.2, -0.15) is 0 Å². The minimum absolute atomic E-state index is 0.118. The highest BCUT2D eigenvalue weighted by molar-refractivity contribution is 5.99. The molecule has 0 saturated carbocycles. The number of aryl methyl sites for hydroxylation is 2. The standard InChI is InChI=1S/C19H18N4O/c1-12(18-20-8-3-9-21-18)23-19(24)13-6-7-17-16(10-13)15-5-2-4-14(15)11-22-17/h3,6-12H,2,4-5H2,1H3,(H,23,24). The number of carbonyl (C=O) groups excluding carboxylic acids is 1. The third-order valence-corrected chi connectivity index (χ3v) is 4.52. The van der Waals surface area contributed by atoms with Crippen molar-refractivity contribution in [2.75, 3.05) is 0 Å². The molecule has 1 unspecified atom stereocenters. The molecule has 5 heteroatoms. The summed E-state index contributed by atoms with van der Waals surface area (Å²) >= 11 is 0. The van der Waals surface area contributed by atoms with E-state index in [1.165, 1.54) is 11.1 Å². The van der Waals surface area contributed by atoms with Crippen molar-refractivity contribution in [3.8, 4) is 0 Å². The van der Waals surface area contributed by atoms with Gasteiger partial charge in [-0.3, -0.25) is 9.78 Å². The Morgan fingerprint density at radius 1 is 1.17 bits per heavy atom. The molecule has 1 amide bonds. The molecule has 3 aromatic rings. The number of aromatic nitrogens is 3. The first-order chi connectivity index (χ1) is 11.7. The Hall–Kier alpha value is -2.82. The minimum Gasteiger partial charge on any atom is -0.342 e. The van der Waals surface area contributed by atoms with Crippen LogP contribution in [-0.2, 0) is 12.8 Å². The van der Waals surface area contributed by atoms with E-state index in [2.05, 4.69) is 20.3 Å². The van der Waals surface area contributed by atoms with Gasteiger partial charge in [0.25, 0.3) is 5.91 Å². The van der Waals surface area contributed by atoms with Gasteiger partial charge in [0.1, 0.15) is 5.82 Å². The van der Waals surface area contributed by atoms with Crippen molar-refractivity contribution in [2.45, 2.75) is 32.2 Å². The Morgan fingerprint density at radius 3 is 2.83 bits per heavy atom. The van der Waals surface area contributed by atoms with Crippen molar-refractivity contribution in [1.29, 1.82) is 0 Å². The first-order valence-corrected chi connectivity index (χ1v) is 8.20. The third kappa shape index (κ3) is 2.62. The maximum atomic E-state index is 12.6. The van der Waals surface area contributed by atoms with Gasteiger partial charge in [0.2, 0.25) is 0 Å². The van der Waals surface area contributed by atoms with E-state index < -0.39 is 0 Å². The zero-order chi connectivity index (χ0) is 16.5. The van der Waals surface area contributed by atoms with Crippen LogP contribution in [0.1, 0.15) is 46.7 Å². The Bertz CT molecular complexity index is 908. The Labute approximate surface area is 140 Å². The lowest BCUT2D eigenvalue weighted by atomic mass is 10.0. The number of rotatable bonds is 3. The zero-order valence-electron chi connectivity index (χ0n) is 13.5. The number of carbonyl (C=O) groups is 1. The summed E-state index contributed by atoms with van der Waals surface area (Å²) < 4.78 is 0. The first-order valence-electron chi connectivity index (χ1n) is 8.20.